The fourth-order valence-electron chi connectivity index (χ4n) is 3.52. The number of carbonyl (C=O) groups excluding carboxylic acids is 3. The maximum Gasteiger partial charge on any atom is 0.307 e. The van der Waals surface area contributed by atoms with E-state index in [2.05, 4.69) is 19.9 Å². The summed E-state index contributed by atoms with van der Waals surface area (Å²) in [5, 5.41) is 2.94. The molecule has 1 aromatic rings. The normalized spacial score (nSPS) is 22.1. The Morgan fingerprint density at radius 2 is 1.90 bits per heavy atom. The number of benzene rings is 1. The Hall–Kier alpha value is -2.46. The van der Waals surface area contributed by atoms with Gasteiger partial charge in [0.2, 0.25) is 5.91 Å². The van der Waals surface area contributed by atoms with Crippen LogP contribution in [0.25, 0.3) is 0 Å². The van der Waals surface area contributed by atoms with Crippen LogP contribution in [-0.2, 0) is 14.3 Å². The molecule has 1 saturated heterocycles. The van der Waals surface area contributed by atoms with Crippen molar-refractivity contribution >= 4 is 51.9 Å². The molecule has 0 bridgehead atoms. The molecule has 3 N–H and O–H groups in total. The molecule has 31 heavy (non-hydrogen) atoms. The first kappa shape index (κ1) is 23.2. The predicted molar refractivity (Wildman–Crippen MR) is 124 cm³/mol. The number of carbonyl (C=O) groups is 3. The van der Waals surface area contributed by atoms with Crippen molar-refractivity contribution in [3.63, 3.8) is 0 Å². The fourth-order valence-corrected chi connectivity index (χ4v) is 4.98. The third kappa shape index (κ3) is 5.43. The number of esters is 1. The smallest absolute Gasteiger partial charge is 0.307 e. The SMILES string of the molecule is COC(=O)CCNC(=O)C1SC(=NC(=O)c2ccc(C(N)=S)cc2)N(C2CCC2)C1C. The van der Waals surface area contributed by atoms with Crippen LogP contribution in [0.15, 0.2) is 29.3 Å². The van der Waals surface area contributed by atoms with Crippen LogP contribution in [0.2, 0.25) is 0 Å². The van der Waals surface area contributed by atoms with E-state index < -0.39 is 5.25 Å². The van der Waals surface area contributed by atoms with Crippen LogP contribution in [0, 0.1) is 0 Å². The second-order valence-electron chi connectivity index (χ2n) is 7.53. The Labute approximate surface area is 191 Å². The molecule has 1 saturated carbocycles. The molecule has 1 aliphatic carbocycles. The first-order valence-corrected chi connectivity index (χ1v) is 11.4. The van der Waals surface area contributed by atoms with Gasteiger partial charge in [0.25, 0.3) is 5.91 Å². The fraction of sp³-hybridized carbons (Fsp3) is 0.476. The van der Waals surface area contributed by atoms with Gasteiger partial charge in [-0.3, -0.25) is 14.4 Å². The highest BCUT2D eigenvalue weighted by atomic mass is 32.2. The van der Waals surface area contributed by atoms with Crippen molar-refractivity contribution in [2.45, 2.75) is 49.9 Å². The number of methoxy groups -OCH3 is 1. The molecule has 0 aromatic heterocycles. The lowest BCUT2D eigenvalue weighted by Crippen LogP contribution is -2.49. The molecule has 2 unspecified atom stereocenters. The summed E-state index contributed by atoms with van der Waals surface area (Å²) in [6.07, 6.45) is 3.26. The number of thioether (sulfide) groups is 1. The van der Waals surface area contributed by atoms with E-state index in [4.69, 9.17) is 18.0 Å². The minimum absolute atomic E-state index is 0.113. The zero-order valence-corrected chi connectivity index (χ0v) is 19.1. The first-order chi connectivity index (χ1) is 14.8. The molecule has 1 aromatic carbocycles. The molecule has 2 amide bonds. The topological polar surface area (TPSA) is 114 Å². The second-order valence-corrected chi connectivity index (χ2v) is 9.08. The van der Waals surface area contributed by atoms with E-state index in [1.54, 1.807) is 24.3 Å². The van der Waals surface area contributed by atoms with Gasteiger partial charge in [-0.05, 0) is 38.3 Å². The van der Waals surface area contributed by atoms with E-state index in [-0.39, 0.29) is 47.8 Å². The standard InChI is InChI=1S/C21H26N4O4S2/c1-12-17(20(28)23-11-10-16(26)29-2)31-21(25(12)15-4-3-5-15)24-19(27)14-8-6-13(7-9-14)18(22)30/h6-9,12,15,17H,3-5,10-11H2,1-2H3,(H2,22,30)(H,23,28). The van der Waals surface area contributed by atoms with Crippen molar-refractivity contribution in [2.75, 3.05) is 13.7 Å². The summed E-state index contributed by atoms with van der Waals surface area (Å²) < 4.78 is 4.60. The van der Waals surface area contributed by atoms with Crippen LogP contribution in [-0.4, -0.2) is 63.8 Å². The minimum atomic E-state index is -0.415. The molecule has 166 valence electrons. The molecular weight excluding hydrogens is 436 g/mol. The van der Waals surface area contributed by atoms with E-state index in [1.807, 2.05) is 6.92 Å². The quantitative estimate of drug-likeness (QED) is 0.466. The third-order valence-corrected chi connectivity index (χ3v) is 7.14. The Bertz CT molecular complexity index is 899. The molecule has 0 spiro atoms. The number of thiocarbonyl (C=S) groups is 1. The largest absolute Gasteiger partial charge is 0.469 e. The van der Waals surface area contributed by atoms with Gasteiger partial charge in [-0.25, -0.2) is 0 Å². The highest BCUT2D eigenvalue weighted by Crippen LogP contribution is 2.39. The zero-order valence-electron chi connectivity index (χ0n) is 17.5. The maximum absolute atomic E-state index is 12.8. The number of hydrogen-bond donors (Lipinski definition) is 2. The van der Waals surface area contributed by atoms with Gasteiger partial charge >= 0.3 is 5.97 Å². The van der Waals surface area contributed by atoms with Crippen molar-refractivity contribution in [1.29, 1.82) is 0 Å². The number of aliphatic imine (C=N–C) groups is 1. The van der Waals surface area contributed by atoms with Crippen molar-refractivity contribution in [3.05, 3.63) is 35.4 Å². The lowest BCUT2D eigenvalue weighted by molar-refractivity contribution is -0.140. The van der Waals surface area contributed by atoms with Gasteiger partial charge in [0.15, 0.2) is 5.17 Å². The van der Waals surface area contributed by atoms with Crippen LogP contribution in [0.1, 0.15) is 48.5 Å². The van der Waals surface area contributed by atoms with E-state index >= 15 is 0 Å². The molecule has 2 atom stereocenters. The summed E-state index contributed by atoms with van der Waals surface area (Å²) in [6, 6.07) is 6.85. The summed E-state index contributed by atoms with van der Waals surface area (Å²) in [5.74, 6) is -0.928. The third-order valence-electron chi connectivity index (χ3n) is 5.53. The van der Waals surface area contributed by atoms with Gasteiger partial charge in [-0.2, -0.15) is 4.99 Å². The van der Waals surface area contributed by atoms with E-state index in [9.17, 15) is 14.4 Å². The number of nitrogens with one attached hydrogen (secondary N) is 1. The van der Waals surface area contributed by atoms with Gasteiger partial charge in [-0.1, -0.05) is 36.1 Å². The average molecular weight is 463 g/mol. The highest BCUT2D eigenvalue weighted by molar-refractivity contribution is 8.15. The molecule has 2 fully saturated rings. The summed E-state index contributed by atoms with van der Waals surface area (Å²) in [7, 11) is 1.31. The number of rotatable bonds is 7. The van der Waals surface area contributed by atoms with Gasteiger partial charge in [0.05, 0.1) is 13.5 Å². The summed E-state index contributed by atoms with van der Waals surface area (Å²) in [5.41, 5.74) is 6.72. The molecule has 0 radical (unpaired) electrons. The Balaban J connectivity index is 1.74. The average Bonchev–Trinajstić information content (AvgIpc) is 3.02. The Morgan fingerprint density at radius 1 is 1.26 bits per heavy atom. The van der Waals surface area contributed by atoms with Crippen molar-refractivity contribution in [2.24, 2.45) is 10.7 Å². The van der Waals surface area contributed by atoms with Crippen molar-refractivity contribution in [3.8, 4) is 0 Å². The van der Waals surface area contributed by atoms with Crippen molar-refractivity contribution in [1.82, 2.24) is 10.2 Å². The molecule has 3 rings (SSSR count). The Morgan fingerprint density at radius 3 is 2.45 bits per heavy atom. The number of nitrogens with two attached hydrogens (primary N) is 1. The molecule has 1 heterocycles. The molecular formula is C21H26N4O4S2. The van der Waals surface area contributed by atoms with Crippen LogP contribution >= 0.6 is 24.0 Å². The lowest BCUT2D eigenvalue weighted by atomic mass is 9.90. The molecule has 8 nitrogen and oxygen atoms in total. The predicted octanol–water partition coefficient (Wildman–Crippen LogP) is 1.85. The molecule has 10 heteroatoms. The summed E-state index contributed by atoms with van der Waals surface area (Å²) in [6.45, 7) is 2.18. The number of ether oxygens (including phenoxy) is 1. The van der Waals surface area contributed by atoms with Gasteiger partial charge in [-0.15, -0.1) is 0 Å². The van der Waals surface area contributed by atoms with Gasteiger partial charge < -0.3 is 20.7 Å². The second kappa shape index (κ2) is 10.2. The van der Waals surface area contributed by atoms with E-state index in [0.717, 1.165) is 19.3 Å². The monoisotopic (exact) mass is 462 g/mol. The minimum Gasteiger partial charge on any atom is -0.469 e. The lowest BCUT2D eigenvalue weighted by Gasteiger charge is -2.39. The Kier molecular flexibility index (Phi) is 7.66. The zero-order chi connectivity index (χ0) is 22.5. The van der Waals surface area contributed by atoms with Crippen molar-refractivity contribution < 1.29 is 19.1 Å². The summed E-state index contributed by atoms with van der Waals surface area (Å²) >= 11 is 6.24. The van der Waals surface area contributed by atoms with Crippen LogP contribution in [0.3, 0.4) is 0 Å². The first-order valence-electron chi connectivity index (χ1n) is 10.1. The molecule has 2 aliphatic rings. The van der Waals surface area contributed by atoms with Crippen LogP contribution < -0.4 is 11.1 Å². The maximum atomic E-state index is 12.8. The number of amides is 2. The van der Waals surface area contributed by atoms with E-state index in [1.165, 1.54) is 18.9 Å². The number of amidine groups is 1. The molecule has 1 aliphatic heterocycles. The van der Waals surface area contributed by atoms with Crippen LogP contribution in [0.5, 0.6) is 0 Å². The number of nitrogens with zero attached hydrogens (tertiary/aromatic N) is 2. The van der Waals surface area contributed by atoms with Crippen LogP contribution in [0.4, 0.5) is 0 Å². The number of hydrogen-bond acceptors (Lipinski definition) is 6. The van der Waals surface area contributed by atoms with Gasteiger partial charge in [0, 0.05) is 29.8 Å². The summed E-state index contributed by atoms with van der Waals surface area (Å²) in [4.78, 5) is 43.5. The highest BCUT2D eigenvalue weighted by Gasteiger charge is 2.45. The van der Waals surface area contributed by atoms with Gasteiger partial charge in [0.1, 0.15) is 10.2 Å². The van der Waals surface area contributed by atoms with E-state index in [0.29, 0.717) is 16.3 Å².